The minimum absolute atomic E-state index is 0.573. The van der Waals surface area contributed by atoms with Crippen LogP contribution in [0.2, 0.25) is 0 Å². The van der Waals surface area contributed by atoms with E-state index in [9.17, 15) is 0 Å². The number of hydrogen-bond donors (Lipinski definition) is 1. The van der Waals surface area contributed by atoms with Gasteiger partial charge >= 0.3 is 0 Å². The lowest BCUT2D eigenvalue weighted by molar-refractivity contribution is 0.271. The average Bonchev–Trinajstić information content (AvgIpc) is 2.42. The fraction of sp³-hybridized carbons (Fsp3) is 0.600. The van der Waals surface area contributed by atoms with Gasteiger partial charge in [-0.2, -0.15) is 0 Å². The molecule has 1 rings (SSSR count). The quantitative estimate of drug-likeness (QED) is 0.696. The van der Waals surface area contributed by atoms with Gasteiger partial charge in [0.2, 0.25) is 5.75 Å². The van der Waals surface area contributed by atoms with Gasteiger partial charge in [0.25, 0.3) is 0 Å². The van der Waals surface area contributed by atoms with Crippen LogP contribution >= 0.6 is 0 Å². The molecule has 1 aromatic carbocycles. The SMILES string of the molecule is COc1cc(C)cc(OC)c1OCCNCCN(C)C. The average molecular weight is 282 g/mol. The molecule has 0 amide bonds. The first-order valence-electron chi connectivity index (χ1n) is 6.79. The van der Waals surface area contributed by atoms with E-state index in [1.807, 2.05) is 19.1 Å². The van der Waals surface area contributed by atoms with E-state index in [-0.39, 0.29) is 0 Å². The molecule has 0 unspecified atom stereocenters. The number of nitrogens with zero attached hydrogens (tertiary/aromatic N) is 1. The third-order valence-electron chi connectivity index (χ3n) is 2.87. The van der Waals surface area contributed by atoms with Crippen molar-refractivity contribution >= 4 is 0 Å². The van der Waals surface area contributed by atoms with Gasteiger partial charge in [-0.25, -0.2) is 0 Å². The maximum atomic E-state index is 5.79. The summed E-state index contributed by atoms with van der Waals surface area (Å²) in [7, 11) is 7.38. The van der Waals surface area contributed by atoms with Crippen molar-refractivity contribution in [3.05, 3.63) is 17.7 Å². The first-order valence-corrected chi connectivity index (χ1v) is 6.79. The third kappa shape index (κ3) is 5.27. The Bertz CT molecular complexity index is 383. The van der Waals surface area contributed by atoms with Crippen molar-refractivity contribution in [3.8, 4) is 17.2 Å². The van der Waals surface area contributed by atoms with Gasteiger partial charge in [-0.1, -0.05) is 0 Å². The van der Waals surface area contributed by atoms with E-state index in [1.54, 1.807) is 14.2 Å². The summed E-state index contributed by atoms with van der Waals surface area (Å²) >= 11 is 0. The Morgan fingerprint density at radius 3 is 2.15 bits per heavy atom. The summed E-state index contributed by atoms with van der Waals surface area (Å²) in [5.41, 5.74) is 1.08. The van der Waals surface area contributed by atoms with E-state index in [0.717, 1.165) is 25.2 Å². The van der Waals surface area contributed by atoms with Crippen molar-refractivity contribution in [2.75, 3.05) is 54.6 Å². The van der Waals surface area contributed by atoms with Gasteiger partial charge < -0.3 is 24.4 Å². The molecule has 1 aromatic rings. The Kier molecular flexibility index (Phi) is 7.18. The maximum absolute atomic E-state index is 5.79. The second-order valence-corrected chi connectivity index (χ2v) is 4.90. The van der Waals surface area contributed by atoms with Crippen LogP contribution in [-0.2, 0) is 0 Å². The molecule has 5 nitrogen and oxygen atoms in total. The van der Waals surface area contributed by atoms with Crippen LogP contribution in [-0.4, -0.2) is 59.5 Å². The zero-order chi connectivity index (χ0) is 15.0. The molecule has 0 bridgehead atoms. The van der Waals surface area contributed by atoms with Gasteiger partial charge in [-0.05, 0) is 38.7 Å². The second-order valence-electron chi connectivity index (χ2n) is 4.90. The van der Waals surface area contributed by atoms with Gasteiger partial charge in [-0.15, -0.1) is 0 Å². The number of ether oxygens (including phenoxy) is 3. The summed E-state index contributed by atoms with van der Waals surface area (Å²) in [6, 6.07) is 3.88. The highest BCUT2D eigenvalue weighted by Gasteiger charge is 2.12. The van der Waals surface area contributed by atoms with Crippen molar-refractivity contribution in [1.82, 2.24) is 10.2 Å². The number of rotatable bonds is 9. The largest absolute Gasteiger partial charge is 0.493 e. The minimum Gasteiger partial charge on any atom is -0.493 e. The lowest BCUT2D eigenvalue weighted by Crippen LogP contribution is -2.29. The van der Waals surface area contributed by atoms with Crippen molar-refractivity contribution < 1.29 is 14.2 Å². The summed E-state index contributed by atoms with van der Waals surface area (Å²) in [6.45, 7) is 5.31. The molecule has 0 saturated carbocycles. The van der Waals surface area contributed by atoms with E-state index in [2.05, 4.69) is 24.3 Å². The van der Waals surface area contributed by atoms with Crippen molar-refractivity contribution in [3.63, 3.8) is 0 Å². The Morgan fingerprint density at radius 1 is 1.05 bits per heavy atom. The van der Waals surface area contributed by atoms with Crippen molar-refractivity contribution in [2.24, 2.45) is 0 Å². The fourth-order valence-corrected chi connectivity index (χ4v) is 1.81. The predicted octanol–water partition coefficient (Wildman–Crippen LogP) is 1.54. The van der Waals surface area contributed by atoms with Crippen LogP contribution in [0.4, 0.5) is 0 Å². The van der Waals surface area contributed by atoms with Gasteiger partial charge in [0.05, 0.1) is 14.2 Å². The monoisotopic (exact) mass is 282 g/mol. The molecule has 0 aliphatic heterocycles. The highest BCUT2D eigenvalue weighted by Crippen LogP contribution is 2.38. The molecule has 0 fully saturated rings. The lowest BCUT2D eigenvalue weighted by Gasteiger charge is -2.16. The van der Waals surface area contributed by atoms with Crippen molar-refractivity contribution in [1.29, 1.82) is 0 Å². The molecule has 20 heavy (non-hydrogen) atoms. The Morgan fingerprint density at radius 2 is 1.65 bits per heavy atom. The molecule has 0 aromatic heterocycles. The van der Waals surface area contributed by atoms with E-state index in [4.69, 9.17) is 14.2 Å². The summed E-state index contributed by atoms with van der Waals surface area (Å²) in [5.74, 6) is 2.07. The smallest absolute Gasteiger partial charge is 0.203 e. The minimum atomic E-state index is 0.573. The fourth-order valence-electron chi connectivity index (χ4n) is 1.81. The normalized spacial score (nSPS) is 10.7. The highest BCUT2D eigenvalue weighted by molar-refractivity contribution is 5.53. The molecule has 1 N–H and O–H groups in total. The van der Waals surface area contributed by atoms with Crippen LogP contribution in [0.15, 0.2) is 12.1 Å². The van der Waals surface area contributed by atoms with Crippen LogP contribution in [0, 0.1) is 6.92 Å². The molecular weight excluding hydrogens is 256 g/mol. The number of aryl methyl sites for hydroxylation is 1. The van der Waals surface area contributed by atoms with Crippen LogP contribution in [0.5, 0.6) is 17.2 Å². The topological polar surface area (TPSA) is 43.0 Å². The van der Waals surface area contributed by atoms with E-state index >= 15 is 0 Å². The van der Waals surface area contributed by atoms with Gasteiger partial charge in [-0.3, -0.25) is 0 Å². The molecule has 5 heteroatoms. The Labute approximate surface area is 121 Å². The Balaban J connectivity index is 2.50. The number of methoxy groups -OCH3 is 2. The number of benzene rings is 1. The molecule has 0 radical (unpaired) electrons. The number of nitrogens with one attached hydrogen (secondary N) is 1. The second kappa shape index (κ2) is 8.66. The summed E-state index contributed by atoms with van der Waals surface area (Å²) in [5, 5.41) is 3.33. The van der Waals surface area contributed by atoms with Gasteiger partial charge in [0.15, 0.2) is 11.5 Å². The highest BCUT2D eigenvalue weighted by atomic mass is 16.5. The van der Waals surface area contributed by atoms with Crippen LogP contribution in [0.25, 0.3) is 0 Å². The zero-order valence-corrected chi connectivity index (χ0v) is 13.2. The van der Waals surface area contributed by atoms with Crippen LogP contribution in [0.1, 0.15) is 5.56 Å². The first-order chi connectivity index (χ1) is 9.58. The molecule has 0 heterocycles. The van der Waals surface area contributed by atoms with Gasteiger partial charge in [0.1, 0.15) is 6.61 Å². The maximum Gasteiger partial charge on any atom is 0.203 e. The van der Waals surface area contributed by atoms with Crippen LogP contribution in [0.3, 0.4) is 0 Å². The first kappa shape index (κ1) is 16.6. The van der Waals surface area contributed by atoms with E-state index in [0.29, 0.717) is 23.9 Å². The Hall–Kier alpha value is -1.46. The van der Waals surface area contributed by atoms with E-state index in [1.165, 1.54) is 0 Å². The molecular formula is C15H26N2O3. The summed E-state index contributed by atoms with van der Waals surface area (Å²) in [4.78, 5) is 2.14. The molecule has 114 valence electrons. The van der Waals surface area contributed by atoms with Crippen molar-refractivity contribution in [2.45, 2.75) is 6.92 Å². The number of likely N-dealkylation sites (N-methyl/N-ethyl adjacent to an activating group) is 1. The molecule has 0 aliphatic carbocycles. The molecule has 0 atom stereocenters. The zero-order valence-electron chi connectivity index (χ0n) is 13.2. The number of hydrogen-bond acceptors (Lipinski definition) is 5. The van der Waals surface area contributed by atoms with Gasteiger partial charge in [0, 0.05) is 19.6 Å². The summed E-state index contributed by atoms with van der Waals surface area (Å²) in [6.07, 6.45) is 0. The van der Waals surface area contributed by atoms with Crippen LogP contribution < -0.4 is 19.5 Å². The summed E-state index contributed by atoms with van der Waals surface area (Å²) < 4.78 is 16.5. The predicted molar refractivity (Wildman–Crippen MR) is 81.2 cm³/mol. The standard InChI is InChI=1S/C15H26N2O3/c1-12-10-13(18-4)15(14(11-12)19-5)20-9-7-16-6-8-17(2)3/h10-11,16H,6-9H2,1-5H3. The van der Waals surface area contributed by atoms with E-state index < -0.39 is 0 Å². The molecule has 0 saturated heterocycles. The molecule has 0 spiro atoms. The third-order valence-corrected chi connectivity index (χ3v) is 2.87. The lowest BCUT2D eigenvalue weighted by atomic mass is 10.2. The molecule has 0 aliphatic rings.